The average molecular weight is 283 g/mol. The number of hydrogen-bond acceptors (Lipinski definition) is 3. The summed E-state index contributed by atoms with van der Waals surface area (Å²) in [6.07, 6.45) is 3.77. The monoisotopic (exact) mass is 283 g/mol. The predicted octanol–water partition coefficient (Wildman–Crippen LogP) is 0.977. The first-order valence-electron chi connectivity index (χ1n) is 7.61. The lowest BCUT2D eigenvalue weighted by Crippen LogP contribution is -2.49. The van der Waals surface area contributed by atoms with E-state index in [0.29, 0.717) is 32.1 Å². The van der Waals surface area contributed by atoms with E-state index in [1.807, 2.05) is 0 Å². The molecular formula is C14H25N3O3. The highest BCUT2D eigenvalue weighted by atomic mass is 16.4. The maximum absolute atomic E-state index is 12.1. The molecule has 6 heteroatoms. The van der Waals surface area contributed by atoms with Crippen LogP contribution in [-0.2, 0) is 4.79 Å². The van der Waals surface area contributed by atoms with Gasteiger partial charge in [-0.05, 0) is 38.8 Å². The molecule has 0 radical (unpaired) electrons. The normalized spacial score (nSPS) is 27.6. The van der Waals surface area contributed by atoms with Crippen molar-refractivity contribution in [2.24, 2.45) is 5.92 Å². The maximum atomic E-state index is 12.1. The zero-order valence-corrected chi connectivity index (χ0v) is 12.2. The Kier molecular flexibility index (Phi) is 5.23. The van der Waals surface area contributed by atoms with Gasteiger partial charge in [0.05, 0.1) is 5.92 Å². The van der Waals surface area contributed by atoms with Crippen LogP contribution in [0.15, 0.2) is 0 Å². The van der Waals surface area contributed by atoms with Gasteiger partial charge in [0, 0.05) is 25.7 Å². The number of carbonyl (C=O) groups is 2. The minimum atomic E-state index is -0.796. The number of piperidine rings is 1. The summed E-state index contributed by atoms with van der Waals surface area (Å²) >= 11 is 0. The van der Waals surface area contributed by atoms with Gasteiger partial charge >= 0.3 is 12.0 Å². The molecule has 2 aliphatic heterocycles. The summed E-state index contributed by atoms with van der Waals surface area (Å²) in [7, 11) is 0. The number of hydrogen-bond donors (Lipinski definition) is 2. The first kappa shape index (κ1) is 15.1. The van der Waals surface area contributed by atoms with Crippen molar-refractivity contribution in [2.75, 3.05) is 32.7 Å². The molecule has 0 spiro atoms. The van der Waals surface area contributed by atoms with E-state index < -0.39 is 11.9 Å². The Labute approximate surface area is 120 Å². The Morgan fingerprint density at radius 2 is 2.00 bits per heavy atom. The molecule has 114 valence electrons. The number of nitrogens with one attached hydrogen (secondary N) is 1. The van der Waals surface area contributed by atoms with E-state index in [0.717, 1.165) is 25.9 Å². The minimum absolute atomic E-state index is 0.112. The standard InChI is InChI=1S/C14H25N3O3/c1-2-16-7-4-6-12(16)9-15-14(20)17-8-3-5-11(10-17)13(18)19/h11-12H,2-10H2,1H3,(H,15,20)(H,18,19)/t11-,12?/m0/s1. The Morgan fingerprint density at radius 1 is 1.25 bits per heavy atom. The van der Waals surface area contributed by atoms with Crippen molar-refractivity contribution in [3.8, 4) is 0 Å². The van der Waals surface area contributed by atoms with Crippen LogP contribution >= 0.6 is 0 Å². The van der Waals surface area contributed by atoms with Gasteiger partial charge in [-0.1, -0.05) is 6.92 Å². The molecule has 0 bridgehead atoms. The van der Waals surface area contributed by atoms with Crippen LogP contribution in [0.4, 0.5) is 4.79 Å². The third-order valence-electron chi connectivity index (χ3n) is 4.45. The highest BCUT2D eigenvalue weighted by molar-refractivity contribution is 5.76. The highest BCUT2D eigenvalue weighted by Crippen LogP contribution is 2.18. The van der Waals surface area contributed by atoms with E-state index in [1.165, 1.54) is 6.42 Å². The van der Waals surface area contributed by atoms with Crippen molar-refractivity contribution in [1.29, 1.82) is 0 Å². The van der Waals surface area contributed by atoms with Crippen molar-refractivity contribution in [3.05, 3.63) is 0 Å². The van der Waals surface area contributed by atoms with Crippen LogP contribution < -0.4 is 5.32 Å². The second-order valence-corrected chi connectivity index (χ2v) is 5.73. The van der Waals surface area contributed by atoms with Crippen LogP contribution in [0.25, 0.3) is 0 Å². The molecular weight excluding hydrogens is 258 g/mol. The molecule has 0 aromatic carbocycles. The van der Waals surface area contributed by atoms with E-state index in [2.05, 4.69) is 17.1 Å². The molecule has 20 heavy (non-hydrogen) atoms. The largest absolute Gasteiger partial charge is 0.481 e. The van der Waals surface area contributed by atoms with E-state index in [4.69, 9.17) is 5.11 Å². The number of carbonyl (C=O) groups excluding carboxylic acids is 1. The molecule has 2 atom stereocenters. The lowest BCUT2D eigenvalue weighted by atomic mass is 9.99. The maximum Gasteiger partial charge on any atom is 0.317 e. The van der Waals surface area contributed by atoms with Crippen molar-refractivity contribution in [2.45, 2.75) is 38.6 Å². The summed E-state index contributed by atoms with van der Waals surface area (Å²) in [5.74, 6) is -1.21. The van der Waals surface area contributed by atoms with Crippen molar-refractivity contribution in [1.82, 2.24) is 15.1 Å². The number of likely N-dealkylation sites (tertiary alicyclic amines) is 2. The van der Waals surface area contributed by atoms with Gasteiger partial charge in [0.1, 0.15) is 0 Å². The average Bonchev–Trinajstić information content (AvgIpc) is 2.92. The lowest BCUT2D eigenvalue weighted by Gasteiger charge is -2.31. The molecule has 0 aliphatic carbocycles. The fourth-order valence-electron chi connectivity index (χ4n) is 3.22. The molecule has 2 aliphatic rings. The summed E-state index contributed by atoms with van der Waals surface area (Å²) in [5.41, 5.74) is 0. The second kappa shape index (κ2) is 6.92. The van der Waals surface area contributed by atoms with Gasteiger partial charge in [-0.2, -0.15) is 0 Å². The molecule has 2 saturated heterocycles. The molecule has 0 aromatic rings. The van der Waals surface area contributed by atoms with Gasteiger partial charge in [0.25, 0.3) is 0 Å². The summed E-state index contributed by atoms with van der Waals surface area (Å²) < 4.78 is 0. The number of rotatable bonds is 4. The zero-order valence-electron chi connectivity index (χ0n) is 12.2. The van der Waals surface area contributed by atoms with Crippen LogP contribution in [0.3, 0.4) is 0 Å². The lowest BCUT2D eigenvalue weighted by molar-refractivity contribution is -0.143. The molecule has 2 amide bonds. The van der Waals surface area contributed by atoms with Gasteiger partial charge in [0.2, 0.25) is 0 Å². The van der Waals surface area contributed by atoms with Crippen LogP contribution in [0, 0.1) is 5.92 Å². The number of aliphatic carboxylic acids is 1. The topological polar surface area (TPSA) is 72.9 Å². The van der Waals surface area contributed by atoms with E-state index >= 15 is 0 Å². The highest BCUT2D eigenvalue weighted by Gasteiger charge is 2.29. The van der Waals surface area contributed by atoms with Gasteiger partial charge in [-0.3, -0.25) is 9.69 Å². The van der Waals surface area contributed by atoms with Gasteiger partial charge < -0.3 is 15.3 Å². The second-order valence-electron chi connectivity index (χ2n) is 5.73. The summed E-state index contributed by atoms with van der Waals surface area (Å²) in [5, 5.41) is 12.0. The van der Waals surface area contributed by atoms with Gasteiger partial charge in [0.15, 0.2) is 0 Å². The fourth-order valence-corrected chi connectivity index (χ4v) is 3.22. The first-order chi connectivity index (χ1) is 9.61. The van der Waals surface area contributed by atoms with Crippen LogP contribution in [-0.4, -0.2) is 65.7 Å². The third kappa shape index (κ3) is 3.62. The quantitative estimate of drug-likeness (QED) is 0.806. The van der Waals surface area contributed by atoms with Crippen molar-refractivity contribution in [3.63, 3.8) is 0 Å². The number of amides is 2. The number of urea groups is 1. The Hall–Kier alpha value is -1.30. The Balaban J connectivity index is 1.78. The number of nitrogens with zero attached hydrogens (tertiary/aromatic N) is 2. The Morgan fingerprint density at radius 3 is 2.70 bits per heavy atom. The predicted molar refractivity (Wildman–Crippen MR) is 75.6 cm³/mol. The summed E-state index contributed by atoms with van der Waals surface area (Å²) in [6, 6.07) is 0.322. The summed E-state index contributed by atoms with van der Waals surface area (Å²) in [6.45, 7) is 5.94. The zero-order chi connectivity index (χ0) is 14.5. The van der Waals surface area contributed by atoms with Crippen LogP contribution in [0.1, 0.15) is 32.6 Å². The third-order valence-corrected chi connectivity index (χ3v) is 4.45. The van der Waals surface area contributed by atoms with Crippen molar-refractivity contribution < 1.29 is 14.7 Å². The molecule has 2 rings (SSSR count). The number of carboxylic acid groups (broad SMARTS) is 1. The fraction of sp³-hybridized carbons (Fsp3) is 0.857. The molecule has 1 unspecified atom stereocenters. The SMILES string of the molecule is CCN1CCCC1CNC(=O)N1CCC[C@H](C(=O)O)C1. The van der Waals surface area contributed by atoms with Crippen LogP contribution in [0.5, 0.6) is 0 Å². The van der Waals surface area contributed by atoms with Crippen molar-refractivity contribution >= 4 is 12.0 Å². The molecule has 0 saturated carbocycles. The molecule has 2 N–H and O–H groups in total. The summed E-state index contributed by atoms with van der Waals surface area (Å²) in [4.78, 5) is 27.2. The Bertz CT molecular complexity index is 362. The van der Waals surface area contributed by atoms with E-state index in [1.54, 1.807) is 4.90 Å². The van der Waals surface area contributed by atoms with Crippen LogP contribution in [0.2, 0.25) is 0 Å². The minimum Gasteiger partial charge on any atom is -0.481 e. The van der Waals surface area contributed by atoms with E-state index in [-0.39, 0.29) is 6.03 Å². The molecule has 6 nitrogen and oxygen atoms in total. The number of likely N-dealkylation sites (N-methyl/N-ethyl adjacent to an activating group) is 1. The smallest absolute Gasteiger partial charge is 0.317 e. The number of carboxylic acids is 1. The molecule has 2 fully saturated rings. The van der Waals surface area contributed by atoms with E-state index in [9.17, 15) is 9.59 Å². The molecule has 0 aromatic heterocycles. The van der Waals surface area contributed by atoms with Gasteiger partial charge in [-0.25, -0.2) is 4.79 Å². The van der Waals surface area contributed by atoms with Gasteiger partial charge in [-0.15, -0.1) is 0 Å². The first-order valence-corrected chi connectivity index (χ1v) is 7.61. The molecule has 2 heterocycles.